The number of hydrogen-bond acceptors (Lipinski definition) is 3. The molecule has 0 radical (unpaired) electrons. The molecule has 1 fully saturated rings. The fourth-order valence-corrected chi connectivity index (χ4v) is 4.08. The van der Waals surface area contributed by atoms with E-state index in [1.54, 1.807) is 19.1 Å². The van der Waals surface area contributed by atoms with Gasteiger partial charge in [0.2, 0.25) is 15.9 Å². The molecule has 132 valence electrons. The van der Waals surface area contributed by atoms with Gasteiger partial charge in [0.1, 0.15) is 0 Å². The summed E-state index contributed by atoms with van der Waals surface area (Å²) in [5, 5.41) is 2.90. The summed E-state index contributed by atoms with van der Waals surface area (Å²) < 4.78 is 26.0. The van der Waals surface area contributed by atoms with E-state index in [0.717, 1.165) is 18.4 Å². The summed E-state index contributed by atoms with van der Waals surface area (Å²) >= 11 is 0. The number of aryl methyl sites for hydroxylation is 1. The van der Waals surface area contributed by atoms with Crippen LogP contribution in [0.3, 0.4) is 0 Å². The lowest BCUT2D eigenvalue weighted by Crippen LogP contribution is -2.28. The molecule has 0 aliphatic heterocycles. The Morgan fingerprint density at radius 2 is 1.72 bits per heavy atom. The highest BCUT2D eigenvalue weighted by Gasteiger charge is 2.51. The minimum Gasteiger partial charge on any atom is -0.325 e. The molecule has 1 N–H and O–H groups in total. The largest absolute Gasteiger partial charge is 0.325 e. The van der Waals surface area contributed by atoms with E-state index in [1.165, 1.54) is 24.5 Å². The second-order valence-electron chi connectivity index (χ2n) is 6.67. The van der Waals surface area contributed by atoms with Gasteiger partial charge in [-0.2, -0.15) is 0 Å². The van der Waals surface area contributed by atoms with Crippen molar-refractivity contribution in [3.8, 4) is 0 Å². The molecular weight excluding hydrogens is 336 g/mol. The zero-order chi connectivity index (χ0) is 18.2. The van der Waals surface area contributed by atoms with E-state index in [0.29, 0.717) is 11.3 Å². The Morgan fingerprint density at radius 3 is 2.28 bits per heavy atom. The number of sulfonamides is 1. The zero-order valence-electron chi connectivity index (χ0n) is 14.6. The van der Waals surface area contributed by atoms with Crippen molar-refractivity contribution in [1.29, 1.82) is 0 Å². The van der Waals surface area contributed by atoms with Gasteiger partial charge in [0.15, 0.2) is 0 Å². The molecule has 6 heteroatoms. The Morgan fingerprint density at radius 1 is 1.08 bits per heavy atom. The van der Waals surface area contributed by atoms with Crippen molar-refractivity contribution in [3.05, 3.63) is 59.7 Å². The van der Waals surface area contributed by atoms with Gasteiger partial charge in [0.05, 0.1) is 10.3 Å². The minimum atomic E-state index is -3.56. The molecule has 25 heavy (non-hydrogen) atoms. The van der Waals surface area contributed by atoms with Gasteiger partial charge in [-0.25, -0.2) is 12.7 Å². The van der Waals surface area contributed by atoms with Crippen molar-refractivity contribution in [2.75, 3.05) is 19.4 Å². The zero-order valence-corrected chi connectivity index (χ0v) is 15.4. The van der Waals surface area contributed by atoms with Crippen molar-refractivity contribution in [2.45, 2.75) is 30.1 Å². The number of carbonyl (C=O) groups excluding carboxylic acids is 1. The van der Waals surface area contributed by atoms with Crippen LogP contribution in [-0.2, 0) is 20.2 Å². The Balaban J connectivity index is 1.88. The SMILES string of the molecule is Cc1ccc(NC(=O)C2(c3ccccc3)CC2)cc1S(=O)(=O)N(C)C. The average Bonchev–Trinajstić information content (AvgIpc) is 3.39. The first-order valence-corrected chi connectivity index (χ1v) is 9.61. The molecule has 1 amide bonds. The number of anilines is 1. The van der Waals surface area contributed by atoms with Gasteiger partial charge < -0.3 is 5.32 Å². The molecular formula is C19H22N2O3S. The third-order valence-corrected chi connectivity index (χ3v) is 6.67. The number of hydrogen-bond donors (Lipinski definition) is 1. The molecule has 3 rings (SSSR count). The van der Waals surface area contributed by atoms with Crippen LogP contribution >= 0.6 is 0 Å². The van der Waals surface area contributed by atoms with Gasteiger partial charge >= 0.3 is 0 Å². The maximum absolute atomic E-state index is 12.8. The second-order valence-corrected chi connectivity index (χ2v) is 8.79. The molecule has 2 aromatic rings. The van der Waals surface area contributed by atoms with E-state index in [9.17, 15) is 13.2 Å². The summed E-state index contributed by atoms with van der Waals surface area (Å²) in [6, 6.07) is 14.7. The lowest BCUT2D eigenvalue weighted by atomic mass is 9.95. The molecule has 0 spiro atoms. The van der Waals surface area contributed by atoms with Crippen molar-refractivity contribution < 1.29 is 13.2 Å². The summed E-state index contributed by atoms with van der Waals surface area (Å²) in [6.07, 6.45) is 1.61. The predicted octanol–water partition coefficient (Wildman–Crippen LogP) is 2.92. The van der Waals surface area contributed by atoms with Crippen LogP contribution in [0.4, 0.5) is 5.69 Å². The maximum atomic E-state index is 12.8. The van der Waals surface area contributed by atoms with Crippen molar-refractivity contribution in [3.63, 3.8) is 0 Å². The highest BCUT2D eigenvalue weighted by molar-refractivity contribution is 7.89. The van der Waals surface area contributed by atoms with Crippen LogP contribution in [0.1, 0.15) is 24.0 Å². The molecule has 0 bridgehead atoms. The normalized spacial score (nSPS) is 15.8. The maximum Gasteiger partial charge on any atom is 0.242 e. The summed E-state index contributed by atoms with van der Waals surface area (Å²) in [4.78, 5) is 13.0. The van der Waals surface area contributed by atoms with Crippen molar-refractivity contribution >= 4 is 21.6 Å². The molecule has 0 unspecified atom stereocenters. The predicted molar refractivity (Wildman–Crippen MR) is 98.0 cm³/mol. The minimum absolute atomic E-state index is 0.0873. The van der Waals surface area contributed by atoms with Crippen LogP contribution in [0.5, 0.6) is 0 Å². The van der Waals surface area contributed by atoms with Crippen LogP contribution in [0.2, 0.25) is 0 Å². The molecule has 1 saturated carbocycles. The first-order valence-electron chi connectivity index (χ1n) is 8.17. The van der Waals surface area contributed by atoms with Gasteiger partial charge in [-0.1, -0.05) is 36.4 Å². The molecule has 5 nitrogen and oxygen atoms in total. The van der Waals surface area contributed by atoms with E-state index in [1.807, 2.05) is 30.3 Å². The molecule has 1 aliphatic rings. The topological polar surface area (TPSA) is 66.5 Å². The van der Waals surface area contributed by atoms with Crippen LogP contribution < -0.4 is 5.32 Å². The van der Waals surface area contributed by atoms with Crippen LogP contribution in [-0.4, -0.2) is 32.7 Å². The Labute approximate surface area is 148 Å². The number of carbonyl (C=O) groups is 1. The highest BCUT2D eigenvalue weighted by atomic mass is 32.2. The second kappa shape index (κ2) is 6.28. The summed E-state index contributed by atoms with van der Waals surface area (Å²) in [7, 11) is -0.567. The number of amides is 1. The molecule has 1 aliphatic carbocycles. The van der Waals surface area contributed by atoms with E-state index in [2.05, 4.69) is 5.32 Å². The quantitative estimate of drug-likeness (QED) is 0.894. The number of nitrogens with zero attached hydrogens (tertiary/aromatic N) is 1. The number of benzene rings is 2. The average molecular weight is 358 g/mol. The van der Waals surface area contributed by atoms with Crippen molar-refractivity contribution in [2.24, 2.45) is 0 Å². The van der Waals surface area contributed by atoms with Gasteiger partial charge in [0, 0.05) is 19.8 Å². The number of rotatable bonds is 5. The van der Waals surface area contributed by atoms with E-state index >= 15 is 0 Å². The lowest BCUT2D eigenvalue weighted by molar-refractivity contribution is -0.118. The van der Waals surface area contributed by atoms with Gasteiger partial charge in [-0.05, 0) is 43.0 Å². The molecule has 0 heterocycles. The van der Waals surface area contributed by atoms with Crippen LogP contribution in [0, 0.1) is 6.92 Å². The van der Waals surface area contributed by atoms with E-state index in [-0.39, 0.29) is 10.8 Å². The molecule has 0 atom stereocenters. The highest BCUT2D eigenvalue weighted by Crippen LogP contribution is 2.49. The van der Waals surface area contributed by atoms with Gasteiger partial charge in [0.25, 0.3) is 0 Å². The smallest absolute Gasteiger partial charge is 0.242 e. The summed E-state index contributed by atoms with van der Waals surface area (Å²) in [5.41, 5.74) is 1.65. The Kier molecular flexibility index (Phi) is 4.43. The van der Waals surface area contributed by atoms with E-state index in [4.69, 9.17) is 0 Å². The number of nitrogens with one attached hydrogen (secondary N) is 1. The summed E-state index contributed by atoms with van der Waals surface area (Å²) in [5.74, 6) is -0.0873. The molecule has 0 aromatic heterocycles. The molecule has 2 aromatic carbocycles. The lowest BCUT2D eigenvalue weighted by Gasteiger charge is -2.18. The Bertz CT molecular complexity index is 902. The fourth-order valence-electron chi connectivity index (χ4n) is 2.93. The van der Waals surface area contributed by atoms with E-state index < -0.39 is 15.4 Å². The van der Waals surface area contributed by atoms with Gasteiger partial charge in [-0.15, -0.1) is 0 Å². The third kappa shape index (κ3) is 3.19. The first kappa shape index (κ1) is 17.6. The standard InChI is InChI=1S/C19H22N2O3S/c1-14-9-10-16(13-17(14)25(23,24)21(2)3)20-18(22)19(11-12-19)15-7-5-4-6-8-15/h4-10,13H,11-12H2,1-3H3,(H,20,22). The fraction of sp³-hybridized carbons (Fsp3) is 0.316. The third-order valence-electron chi connectivity index (χ3n) is 4.72. The van der Waals surface area contributed by atoms with Gasteiger partial charge in [-0.3, -0.25) is 4.79 Å². The van der Waals surface area contributed by atoms with Crippen LogP contribution in [0.25, 0.3) is 0 Å². The van der Waals surface area contributed by atoms with Crippen LogP contribution in [0.15, 0.2) is 53.4 Å². The summed E-state index contributed by atoms with van der Waals surface area (Å²) in [6.45, 7) is 1.74. The monoisotopic (exact) mass is 358 g/mol. The first-order chi connectivity index (χ1) is 11.8. The Hall–Kier alpha value is -2.18. The van der Waals surface area contributed by atoms with Crippen molar-refractivity contribution in [1.82, 2.24) is 4.31 Å². The molecule has 0 saturated heterocycles.